The second kappa shape index (κ2) is 9.83. The number of amides is 2. The highest BCUT2D eigenvalue weighted by atomic mass is 79.9. The maximum Gasteiger partial charge on any atom is 0.239 e. The van der Waals surface area contributed by atoms with Gasteiger partial charge in [0.15, 0.2) is 5.78 Å². The smallest absolute Gasteiger partial charge is 0.239 e. The van der Waals surface area contributed by atoms with Crippen molar-refractivity contribution in [3.8, 4) is 0 Å². The Bertz CT molecular complexity index is 1850. The maximum atomic E-state index is 15.8. The summed E-state index contributed by atoms with van der Waals surface area (Å²) in [6, 6.07) is 46.2. The Kier molecular flexibility index (Phi) is 5.97. The van der Waals surface area contributed by atoms with E-state index < -0.39 is 22.7 Å². The number of allylic oxidation sites excluding steroid dienone is 2. The molecular weight excluding hydrogens is 610 g/mol. The molecule has 4 atom stereocenters. The van der Waals surface area contributed by atoms with E-state index in [2.05, 4.69) is 15.9 Å². The third kappa shape index (κ3) is 3.30. The Morgan fingerprint density at radius 3 is 1.23 bits per heavy atom. The molecule has 1 aliphatic heterocycles. The first-order chi connectivity index (χ1) is 21.5. The maximum absolute atomic E-state index is 15.8. The molecule has 4 nitrogen and oxygen atoms in total. The van der Waals surface area contributed by atoms with Gasteiger partial charge in [-0.25, -0.2) is 4.90 Å². The first-order valence-electron chi connectivity index (χ1n) is 14.7. The van der Waals surface area contributed by atoms with Crippen LogP contribution in [0.4, 0.5) is 5.69 Å². The van der Waals surface area contributed by atoms with E-state index in [1.807, 2.05) is 133 Å². The Morgan fingerprint density at radius 1 is 0.477 bits per heavy atom. The lowest BCUT2D eigenvalue weighted by Gasteiger charge is -2.39. The summed E-state index contributed by atoms with van der Waals surface area (Å²) < 4.78 is 0.844. The number of anilines is 1. The first kappa shape index (κ1) is 26.7. The number of carbonyl (C=O) groups excluding carboxylic acids is 3. The van der Waals surface area contributed by atoms with Crippen molar-refractivity contribution in [2.24, 2.45) is 11.8 Å². The summed E-state index contributed by atoms with van der Waals surface area (Å²) in [6.07, 6.45) is 0. The number of nitrogens with zero attached hydrogens (tertiary/aromatic N) is 1. The number of imide groups is 1. The van der Waals surface area contributed by atoms with E-state index >= 15 is 4.79 Å². The predicted octanol–water partition coefficient (Wildman–Crippen LogP) is 7.64. The normalized spacial score (nSPS) is 25.6. The van der Waals surface area contributed by atoms with Gasteiger partial charge in [0.1, 0.15) is 0 Å². The lowest BCUT2D eigenvalue weighted by atomic mass is 9.59. The minimum atomic E-state index is -1.40. The molecule has 2 bridgehead atoms. The van der Waals surface area contributed by atoms with E-state index in [1.165, 1.54) is 4.90 Å². The number of carbonyl (C=O) groups is 3. The van der Waals surface area contributed by atoms with Crippen LogP contribution < -0.4 is 4.90 Å². The fraction of sp³-hybridized carbons (Fsp3) is 0.103. The second-order valence-corrected chi connectivity index (χ2v) is 12.5. The van der Waals surface area contributed by atoms with Crippen LogP contribution in [0.25, 0.3) is 11.1 Å². The third-order valence-electron chi connectivity index (χ3n) is 9.66. The van der Waals surface area contributed by atoms with Gasteiger partial charge in [0.25, 0.3) is 0 Å². The Labute approximate surface area is 263 Å². The van der Waals surface area contributed by atoms with Gasteiger partial charge in [-0.2, -0.15) is 0 Å². The molecule has 5 heteroatoms. The largest absolute Gasteiger partial charge is 0.297 e. The van der Waals surface area contributed by atoms with Crippen molar-refractivity contribution in [2.75, 3.05) is 4.90 Å². The van der Waals surface area contributed by atoms with Gasteiger partial charge in [-0.1, -0.05) is 137 Å². The number of hydrogen-bond donors (Lipinski definition) is 0. The van der Waals surface area contributed by atoms with Crippen LogP contribution in [-0.4, -0.2) is 17.6 Å². The molecule has 1 saturated carbocycles. The van der Waals surface area contributed by atoms with Crippen LogP contribution in [0.2, 0.25) is 0 Å². The summed E-state index contributed by atoms with van der Waals surface area (Å²) in [5, 5.41) is 0. The molecule has 1 saturated heterocycles. The standard InChI is InChI=1S/C39H26BrNO3/c40-29-21-23-30(24-22-29)41-35(42)33-34(36(41)43)39(28-19-11-4-12-20-28)32(26-15-7-2-8-16-26)31(25-13-5-1-6-14-25)38(33,37(39)44)27-17-9-3-10-18-27/h1-24,33-34H/t33-,34-,38+,39+/m1/s1. The highest BCUT2D eigenvalue weighted by Gasteiger charge is 2.82. The van der Waals surface area contributed by atoms with Crippen LogP contribution in [0.5, 0.6) is 0 Å². The highest BCUT2D eigenvalue weighted by Crippen LogP contribution is 2.74. The zero-order valence-electron chi connectivity index (χ0n) is 23.6. The lowest BCUT2D eigenvalue weighted by Crippen LogP contribution is -2.45. The van der Waals surface area contributed by atoms with E-state index in [4.69, 9.17) is 0 Å². The van der Waals surface area contributed by atoms with Crippen molar-refractivity contribution in [3.63, 3.8) is 0 Å². The van der Waals surface area contributed by atoms with Crippen molar-refractivity contribution in [1.29, 1.82) is 0 Å². The summed E-state index contributed by atoms with van der Waals surface area (Å²) in [5.74, 6) is -2.68. The molecule has 0 N–H and O–H groups in total. The van der Waals surface area contributed by atoms with Gasteiger partial charge >= 0.3 is 0 Å². The number of Topliss-reactive ketones (excluding diaryl/α,β-unsaturated/α-hetero) is 1. The summed E-state index contributed by atoms with van der Waals surface area (Å²) in [7, 11) is 0. The topological polar surface area (TPSA) is 54.5 Å². The molecule has 2 amide bonds. The van der Waals surface area contributed by atoms with Gasteiger partial charge in [0.05, 0.1) is 28.4 Å². The van der Waals surface area contributed by atoms with E-state index in [-0.39, 0.29) is 17.6 Å². The third-order valence-corrected chi connectivity index (χ3v) is 10.2. The molecular formula is C39H26BrNO3. The van der Waals surface area contributed by atoms with E-state index in [0.29, 0.717) is 5.69 Å². The molecule has 1 heterocycles. The molecule has 2 aliphatic carbocycles. The van der Waals surface area contributed by atoms with Crippen molar-refractivity contribution in [2.45, 2.75) is 10.8 Å². The van der Waals surface area contributed by atoms with Crippen LogP contribution >= 0.6 is 15.9 Å². The van der Waals surface area contributed by atoms with Crippen LogP contribution in [0.3, 0.4) is 0 Å². The quantitative estimate of drug-likeness (QED) is 0.187. The lowest BCUT2D eigenvalue weighted by molar-refractivity contribution is -0.130. The average molecular weight is 637 g/mol. The summed E-state index contributed by atoms with van der Waals surface area (Å²) in [6.45, 7) is 0. The molecule has 0 radical (unpaired) electrons. The van der Waals surface area contributed by atoms with Gasteiger partial charge in [-0.05, 0) is 57.7 Å². The highest BCUT2D eigenvalue weighted by molar-refractivity contribution is 9.10. The number of rotatable bonds is 5. The Morgan fingerprint density at radius 2 is 0.841 bits per heavy atom. The SMILES string of the molecule is O=C1[C@H]2[C@H](C(=O)N1c1ccc(Br)cc1)[C@@]1(c3ccccc3)C(=O)[C@@]2(c2ccccc2)C(c2ccccc2)=C1c1ccccc1. The van der Waals surface area contributed by atoms with Crippen molar-refractivity contribution >= 4 is 50.4 Å². The predicted molar refractivity (Wildman–Crippen MR) is 175 cm³/mol. The molecule has 212 valence electrons. The first-order valence-corrected chi connectivity index (χ1v) is 15.5. The molecule has 44 heavy (non-hydrogen) atoms. The molecule has 0 aromatic heterocycles. The molecule has 0 spiro atoms. The fourth-order valence-corrected chi connectivity index (χ4v) is 8.44. The van der Waals surface area contributed by atoms with Crippen LogP contribution in [0.15, 0.2) is 150 Å². The second-order valence-electron chi connectivity index (χ2n) is 11.6. The van der Waals surface area contributed by atoms with Crippen LogP contribution in [-0.2, 0) is 25.2 Å². The minimum Gasteiger partial charge on any atom is -0.297 e. The Balaban J connectivity index is 1.55. The Hall–Kier alpha value is -4.87. The van der Waals surface area contributed by atoms with E-state index in [0.717, 1.165) is 37.9 Å². The van der Waals surface area contributed by atoms with E-state index in [1.54, 1.807) is 12.1 Å². The number of hydrogen-bond acceptors (Lipinski definition) is 3. The van der Waals surface area contributed by atoms with Crippen LogP contribution in [0, 0.1) is 11.8 Å². The van der Waals surface area contributed by atoms with Crippen molar-refractivity contribution in [1.82, 2.24) is 0 Å². The number of halogens is 1. The van der Waals surface area contributed by atoms with Crippen LogP contribution in [0.1, 0.15) is 22.3 Å². The summed E-state index contributed by atoms with van der Waals surface area (Å²) >= 11 is 3.48. The number of ketones is 1. The molecule has 0 unspecified atom stereocenters. The summed E-state index contributed by atoms with van der Waals surface area (Å²) in [4.78, 5) is 46.9. The molecule has 2 fully saturated rings. The monoisotopic (exact) mass is 635 g/mol. The van der Waals surface area contributed by atoms with Gasteiger partial charge in [-0.15, -0.1) is 0 Å². The van der Waals surface area contributed by atoms with Gasteiger partial charge in [0, 0.05) is 4.47 Å². The average Bonchev–Trinajstić information content (AvgIpc) is 3.59. The van der Waals surface area contributed by atoms with Gasteiger partial charge in [0.2, 0.25) is 11.8 Å². The molecule has 5 aromatic carbocycles. The van der Waals surface area contributed by atoms with Crippen molar-refractivity contribution < 1.29 is 14.4 Å². The summed E-state index contributed by atoms with van der Waals surface area (Å²) in [5.41, 5.74) is 2.47. The molecule has 3 aliphatic rings. The zero-order valence-corrected chi connectivity index (χ0v) is 25.1. The molecule has 8 rings (SSSR count). The number of fused-ring (bicyclic) bond motifs is 5. The minimum absolute atomic E-state index is 0.118. The van der Waals surface area contributed by atoms with Crippen molar-refractivity contribution in [3.05, 3.63) is 172 Å². The number of benzene rings is 5. The fourth-order valence-electron chi connectivity index (χ4n) is 8.18. The van der Waals surface area contributed by atoms with Gasteiger partial charge < -0.3 is 0 Å². The zero-order chi connectivity index (χ0) is 30.1. The van der Waals surface area contributed by atoms with E-state index in [9.17, 15) is 9.59 Å². The van der Waals surface area contributed by atoms with Gasteiger partial charge in [-0.3, -0.25) is 14.4 Å². The molecule has 5 aromatic rings.